The van der Waals surface area contributed by atoms with Gasteiger partial charge in [0.2, 0.25) is 0 Å². The Balaban J connectivity index is 2.56. The minimum absolute atomic E-state index is 0.380. The summed E-state index contributed by atoms with van der Waals surface area (Å²) in [6, 6.07) is 0.941. The summed E-state index contributed by atoms with van der Waals surface area (Å²) in [6.45, 7) is 12.1. The van der Waals surface area contributed by atoms with Crippen molar-refractivity contribution in [2.24, 2.45) is 5.92 Å². The summed E-state index contributed by atoms with van der Waals surface area (Å²) in [5.41, 5.74) is 1.28. The van der Waals surface area contributed by atoms with Crippen LogP contribution in [0.5, 0.6) is 0 Å². The average Bonchev–Trinajstić information content (AvgIpc) is 2.79. The summed E-state index contributed by atoms with van der Waals surface area (Å²) in [5, 5.41) is 8.01. The molecule has 3 heteroatoms. The number of rotatable bonds is 7. The molecule has 2 atom stereocenters. The third kappa shape index (κ3) is 3.84. The van der Waals surface area contributed by atoms with E-state index >= 15 is 0 Å². The Bertz CT molecular complexity index is 315. The highest BCUT2D eigenvalue weighted by Gasteiger charge is 2.17. The number of nitrogens with zero attached hydrogens (tertiary/aromatic N) is 2. The fourth-order valence-corrected chi connectivity index (χ4v) is 2.40. The molecule has 0 aromatic carbocycles. The van der Waals surface area contributed by atoms with E-state index in [0.29, 0.717) is 12.1 Å². The molecule has 0 aliphatic carbocycles. The molecule has 1 N–H and O–H groups in total. The predicted octanol–water partition coefficient (Wildman–Crippen LogP) is 3.38. The Hall–Kier alpha value is -0.830. The molecule has 2 unspecified atom stereocenters. The maximum absolute atomic E-state index is 4.32. The van der Waals surface area contributed by atoms with Crippen molar-refractivity contribution in [1.82, 2.24) is 15.1 Å². The third-order valence-corrected chi connectivity index (χ3v) is 3.75. The maximum Gasteiger partial charge on any atom is 0.0537 e. The van der Waals surface area contributed by atoms with Gasteiger partial charge in [0.15, 0.2) is 0 Å². The summed E-state index contributed by atoms with van der Waals surface area (Å²) in [7, 11) is 0. The fourth-order valence-electron chi connectivity index (χ4n) is 2.40. The molecule has 0 amide bonds. The lowest BCUT2D eigenvalue weighted by Crippen LogP contribution is -2.34. The molecule has 0 saturated carbocycles. The van der Waals surface area contributed by atoms with E-state index < -0.39 is 0 Å². The molecule has 1 heterocycles. The molecule has 0 aliphatic heterocycles. The van der Waals surface area contributed by atoms with E-state index in [2.05, 4.69) is 51.2 Å². The van der Waals surface area contributed by atoms with Crippen LogP contribution in [0, 0.1) is 5.92 Å². The number of hydrogen-bond acceptors (Lipinski definition) is 2. The Morgan fingerprint density at radius 3 is 2.35 bits per heavy atom. The van der Waals surface area contributed by atoms with E-state index in [1.165, 1.54) is 18.4 Å². The molecule has 17 heavy (non-hydrogen) atoms. The summed E-state index contributed by atoms with van der Waals surface area (Å²) < 4.78 is 1.98. The molecule has 1 rings (SSSR count). The van der Waals surface area contributed by atoms with Gasteiger partial charge in [-0.2, -0.15) is 5.10 Å². The largest absolute Gasteiger partial charge is 0.307 e. The van der Waals surface area contributed by atoms with Crippen molar-refractivity contribution in [3.63, 3.8) is 0 Å². The van der Waals surface area contributed by atoms with Gasteiger partial charge >= 0.3 is 0 Å². The molecule has 98 valence electrons. The van der Waals surface area contributed by atoms with Crippen LogP contribution in [-0.4, -0.2) is 15.8 Å². The van der Waals surface area contributed by atoms with Crippen LogP contribution in [0.15, 0.2) is 12.4 Å². The van der Waals surface area contributed by atoms with Crippen LogP contribution in [0.2, 0.25) is 0 Å². The van der Waals surface area contributed by atoms with Gasteiger partial charge in [0.25, 0.3) is 0 Å². The van der Waals surface area contributed by atoms with Gasteiger partial charge in [0, 0.05) is 30.4 Å². The van der Waals surface area contributed by atoms with Crippen LogP contribution < -0.4 is 5.32 Å². The van der Waals surface area contributed by atoms with Gasteiger partial charge in [-0.25, -0.2) is 0 Å². The normalized spacial score (nSPS) is 15.2. The second-order valence-electron chi connectivity index (χ2n) is 4.88. The summed E-state index contributed by atoms with van der Waals surface area (Å²) in [5.74, 6) is 0.763. The van der Waals surface area contributed by atoms with Crippen molar-refractivity contribution in [2.45, 2.75) is 66.1 Å². The minimum Gasteiger partial charge on any atom is -0.307 e. The summed E-state index contributed by atoms with van der Waals surface area (Å²) in [4.78, 5) is 0. The van der Waals surface area contributed by atoms with E-state index in [1.807, 2.05) is 10.9 Å². The lowest BCUT2D eigenvalue weighted by Gasteiger charge is -2.26. The lowest BCUT2D eigenvalue weighted by molar-refractivity contribution is 0.330. The molecular weight excluding hydrogens is 210 g/mol. The standard InChI is InChI=1S/C14H27N3/c1-6-13(7-2)11(4)16-12(5)14-9-15-17(8-3)10-14/h9-13,16H,6-8H2,1-5H3. The molecule has 0 fully saturated rings. The second-order valence-corrected chi connectivity index (χ2v) is 4.88. The van der Waals surface area contributed by atoms with Crippen molar-refractivity contribution in [2.75, 3.05) is 0 Å². The molecule has 0 spiro atoms. The summed E-state index contributed by atoms with van der Waals surface area (Å²) >= 11 is 0. The van der Waals surface area contributed by atoms with Crippen molar-refractivity contribution in [3.8, 4) is 0 Å². The Kier molecular flexibility index (Phi) is 5.69. The van der Waals surface area contributed by atoms with Gasteiger partial charge in [0.1, 0.15) is 0 Å². The van der Waals surface area contributed by atoms with Gasteiger partial charge in [-0.3, -0.25) is 4.68 Å². The number of aromatic nitrogens is 2. The average molecular weight is 237 g/mol. The topological polar surface area (TPSA) is 29.9 Å². The van der Waals surface area contributed by atoms with Gasteiger partial charge < -0.3 is 5.32 Å². The molecule has 0 radical (unpaired) electrons. The van der Waals surface area contributed by atoms with Crippen molar-refractivity contribution in [3.05, 3.63) is 18.0 Å². The first-order chi connectivity index (χ1) is 8.12. The Labute approximate surface area is 106 Å². The van der Waals surface area contributed by atoms with Gasteiger partial charge in [-0.05, 0) is 26.7 Å². The van der Waals surface area contributed by atoms with Crippen molar-refractivity contribution >= 4 is 0 Å². The van der Waals surface area contributed by atoms with E-state index in [0.717, 1.165) is 12.5 Å². The molecule has 3 nitrogen and oxygen atoms in total. The first-order valence-electron chi connectivity index (χ1n) is 6.90. The second kappa shape index (κ2) is 6.80. The van der Waals surface area contributed by atoms with E-state index in [-0.39, 0.29) is 0 Å². The van der Waals surface area contributed by atoms with Gasteiger partial charge in [-0.15, -0.1) is 0 Å². The first kappa shape index (κ1) is 14.2. The predicted molar refractivity (Wildman–Crippen MR) is 73.0 cm³/mol. The van der Waals surface area contributed by atoms with Gasteiger partial charge in [-0.1, -0.05) is 26.7 Å². The molecule has 0 aliphatic rings. The van der Waals surface area contributed by atoms with Crippen LogP contribution in [0.3, 0.4) is 0 Å². The molecule has 1 aromatic heterocycles. The monoisotopic (exact) mass is 237 g/mol. The highest BCUT2D eigenvalue weighted by molar-refractivity contribution is 5.09. The highest BCUT2D eigenvalue weighted by atomic mass is 15.3. The summed E-state index contributed by atoms with van der Waals surface area (Å²) in [6.07, 6.45) is 6.59. The number of nitrogens with one attached hydrogen (secondary N) is 1. The number of aryl methyl sites for hydroxylation is 1. The fraction of sp³-hybridized carbons (Fsp3) is 0.786. The van der Waals surface area contributed by atoms with E-state index in [4.69, 9.17) is 0 Å². The zero-order valence-corrected chi connectivity index (χ0v) is 11.9. The molecule has 0 bridgehead atoms. The molecule has 0 saturated heterocycles. The zero-order valence-electron chi connectivity index (χ0n) is 11.9. The van der Waals surface area contributed by atoms with Crippen LogP contribution >= 0.6 is 0 Å². The highest BCUT2D eigenvalue weighted by Crippen LogP contribution is 2.18. The lowest BCUT2D eigenvalue weighted by atomic mass is 9.94. The third-order valence-electron chi connectivity index (χ3n) is 3.75. The van der Waals surface area contributed by atoms with E-state index in [1.54, 1.807) is 0 Å². The minimum atomic E-state index is 0.380. The quantitative estimate of drug-likeness (QED) is 0.788. The van der Waals surface area contributed by atoms with Crippen molar-refractivity contribution < 1.29 is 0 Å². The van der Waals surface area contributed by atoms with Crippen LogP contribution in [-0.2, 0) is 6.54 Å². The number of hydrogen-bond donors (Lipinski definition) is 1. The Morgan fingerprint density at radius 1 is 1.24 bits per heavy atom. The smallest absolute Gasteiger partial charge is 0.0537 e. The molecular formula is C14H27N3. The van der Waals surface area contributed by atoms with Crippen LogP contribution in [0.4, 0.5) is 0 Å². The molecule has 1 aromatic rings. The maximum atomic E-state index is 4.32. The van der Waals surface area contributed by atoms with Gasteiger partial charge in [0.05, 0.1) is 6.20 Å². The Morgan fingerprint density at radius 2 is 1.88 bits per heavy atom. The van der Waals surface area contributed by atoms with Crippen molar-refractivity contribution in [1.29, 1.82) is 0 Å². The SMILES string of the molecule is CCC(CC)C(C)NC(C)c1cnn(CC)c1. The van der Waals surface area contributed by atoms with Crippen LogP contribution in [0.1, 0.15) is 59.1 Å². The van der Waals surface area contributed by atoms with E-state index in [9.17, 15) is 0 Å². The first-order valence-corrected chi connectivity index (χ1v) is 6.90. The zero-order chi connectivity index (χ0) is 12.8. The van der Waals surface area contributed by atoms with Crippen LogP contribution in [0.25, 0.3) is 0 Å².